The fourth-order valence-corrected chi connectivity index (χ4v) is 2.40. The number of carbonyl (C=O) groups is 2. The van der Waals surface area contributed by atoms with Crippen LogP contribution >= 0.6 is 11.3 Å². The number of nitrogens with zero attached hydrogens (tertiary/aromatic N) is 1. The normalized spacial score (nSPS) is 9.95. The second kappa shape index (κ2) is 8.45. The summed E-state index contributed by atoms with van der Waals surface area (Å²) in [5.74, 6) is 5.62. The lowest BCUT2D eigenvalue weighted by Gasteiger charge is -2.16. The zero-order valence-electron chi connectivity index (χ0n) is 12.6. The highest BCUT2D eigenvalue weighted by molar-refractivity contribution is 7.12. The zero-order valence-corrected chi connectivity index (χ0v) is 13.4. The largest absolute Gasteiger partial charge is 0.354 e. The van der Waals surface area contributed by atoms with Gasteiger partial charge in [-0.05, 0) is 17.4 Å². The number of nitrogens with one attached hydrogen (secondary N) is 1. The third-order valence-corrected chi connectivity index (χ3v) is 3.52. The van der Waals surface area contributed by atoms with E-state index in [4.69, 9.17) is 5.73 Å². The van der Waals surface area contributed by atoms with Crippen LogP contribution in [0.25, 0.3) is 0 Å². The van der Waals surface area contributed by atoms with Crippen LogP contribution in [0.3, 0.4) is 0 Å². The molecule has 0 aliphatic heterocycles. The first-order chi connectivity index (χ1) is 9.95. The van der Waals surface area contributed by atoms with E-state index < -0.39 is 0 Å². The van der Waals surface area contributed by atoms with Gasteiger partial charge in [0.2, 0.25) is 5.91 Å². The van der Waals surface area contributed by atoms with Gasteiger partial charge in [0.05, 0.1) is 13.1 Å². The Kier molecular flexibility index (Phi) is 6.92. The van der Waals surface area contributed by atoms with Gasteiger partial charge < -0.3 is 16.0 Å². The van der Waals surface area contributed by atoms with E-state index in [-0.39, 0.29) is 24.9 Å². The maximum atomic E-state index is 12.3. The van der Waals surface area contributed by atoms with Gasteiger partial charge in [0.15, 0.2) is 0 Å². The summed E-state index contributed by atoms with van der Waals surface area (Å²) in [4.78, 5) is 26.0. The number of hydrogen-bond acceptors (Lipinski definition) is 4. The van der Waals surface area contributed by atoms with Crippen LogP contribution in [-0.4, -0.2) is 43.4 Å². The van der Waals surface area contributed by atoms with Gasteiger partial charge >= 0.3 is 0 Å². The zero-order chi connectivity index (χ0) is 15.8. The van der Waals surface area contributed by atoms with Crippen LogP contribution in [0.5, 0.6) is 0 Å². The van der Waals surface area contributed by atoms with Crippen LogP contribution in [0.2, 0.25) is 0 Å². The summed E-state index contributed by atoms with van der Waals surface area (Å²) in [5.41, 5.74) is 5.99. The van der Waals surface area contributed by atoms with E-state index in [1.165, 1.54) is 16.2 Å². The number of rotatable bonds is 5. The number of nitrogens with two attached hydrogens (primary N) is 1. The molecule has 0 aliphatic rings. The molecule has 114 valence electrons. The summed E-state index contributed by atoms with van der Waals surface area (Å²) >= 11 is 1.32. The molecule has 0 unspecified atom stereocenters. The average molecular weight is 307 g/mol. The topological polar surface area (TPSA) is 75.4 Å². The van der Waals surface area contributed by atoms with Crippen molar-refractivity contribution in [1.82, 2.24) is 10.2 Å². The minimum absolute atomic E-state index is 0.0349. The molecular formula is C15H21N3O2S. The Labute approximate surface area is 129 Å². The van der Waals surface area contributed by atoms with E-state index in [0.29, 0.717) is 22.9 Å². The summed E-state index contributed by atoms with van der Waals surface area (Å²) in [6, 6.07) is 1.78. The van der Waals surface area contributed by atoms with Crippen LogP contribution < -0.4 is 11.1 Å². The van der Waals surface area contributed by atoms with Crippen molar-refractivity contribution in [2.24, 2.45) is 11.7 Å². The van der Waals surface area contributed by atoms with Gasteiger partial charge in [-0.3, -0.25) is 9.59 Å². The van der Waals surface area contributed by atoms with Gasteiger partial charge in [0.1, 0.15) is 4.88 Å². The second-order valence-electron chi connectivity index (χ2n) is 5.03. The van der Waals surface area contributed by atoms with Crippen molar-refractivity contribution >= 4 is 23.2 Å². The molecule has 6 heteroatoms. The summed E-state index contributed by atoms with van der Waals surface area (Å²) in [7, 11) is 1.61. The predicted molar refractivity (Wildman–Crippen MR) is 85.1 cm³/mol. The molecule has 0 bridgehead atoms. The Hall–Kier alpha value is -1.84. The van der Waals surface area contributed by atoms with Crippen LogP contribution in [0.4, 0.5) is 0 Å². The highest BCUT2D eigenvalue weighted by Gasteiger charge is 2.18. The first-order valence-corrected chi connectivity index (χ1v) is 7.62. The molecule has 5 nitrogen and oxygen atoms in total. The first kappa shape index (κ1) is 17.2. The third-order valence-electron chi connectivity index (χ3n) is 2.62. The smallest absolute Gasteiger partial charge is 0.265 e. The lowest BCUT2D eigenvalue weighted by atomic mass is 10.2. The molecule has 21 heavy (non-hydrogen) atoms. The monoisotopic (exact) mass is 307 g/mol. The van der Waals surface area contributed by atoms with Crippen molar-refractivity contribution in [1.29, 1.82) is 0 Å². The molecular weight excluding hydrogens is 286 g/mol. The Morgan fingerprint density at radius 1 is 1.48 bits per heavy atom. The van der Waals surface area contributed by atoms with Crippen LogP contribution in [0.1, 0.15) is 29.1 Å². The van der Waals surface area contributed by atoms with Crippen molar-refractivity contribution in [2.45, 2.75) is 13.8 Å². The average Bonchev–Trinajstić information content (AvgIpc) is 2.90. The van der Waals surface area contributed by atoms with E-state index in [0.717, 1.165) is 0 Å². The number of hydrogen-bond donors (Lipinski definition) is 2. The molecule has 0 saturated carbocycles. The number of thiophene rings is 1. The second-order valence-corrected chi connectivity index (χ2v) is 5.94. The number of amides is 2. The van der Waals surface area contributed by atoms with Gasteiger partial charge in [-0.25, -0.2) is 0 Å². The SMILES string of the molecule is CC(C)CNC(=O)CN(C)C(=O)c1sccc1C#CCN. The van der Waals surface area contributed by atoms with Gasteiger partial charge in [-0.2, -0.15) is 0 Å². The standard InChI is InChI=1S/C15H21N3O2S/c1-11(2)9-17-13(19)10-18(3)15(20)14-12(5-4-7-16)6-8-21-14/h6,8,11H,7,9-10,16H2,1-3H3,(H,17,19). The molecule has 0 spiro atoms. The molecule has 0 saturated heterocycles. The van der Waals surface area contributed by atoms with Crippen molar-refractivity contribution in [2.75, 3.05) is 26.7 Å². The first-order valence-electron chi connectivity index (χ1n) is 6.74. The molecule has 3 N–H and O–H groups in total. The Morgan fingerprint density at radius 3 is 2.81 bits per heavy atom. The van der Waals surface area contributed by atoms with Gasteiger partial charge in [-0.15, -0.1) is 11.3 Å². The molecule has 1 aromatic rings. The maximum Gasteiger partial charge on any atom is 0.265 e. The van der Waals surface area contributed by atoms with Crippen molar-refractivity contribution < 1.29 is 9.59 Å². The minimum atomic E-state index is -0.203. The Morgan fingerprint density at radius 2 is 2.19 bits per heavy atom. The maximum absolute atomic E-state index is 12.3. The number of likely N-dealkylation sites (N-methyl/N-ethyl adjacent to an activating group) is 1. The lowest BCUT2D eigenvalue weighted by molar-refractivity contribution is -0.121. The molecule has 1 aromatic heterocycles. The van der Waals surface area contributed by atoms with Crippen LogP contribution in [0, 0.1) is 17.8 Å². The van der Waals surface area contributed by atoms with E-state index >= 15 is 0 Å². The van der Waals surface area contributed by atoms with E-state index in [1.807, 2.05) is 13.8 Å². The molecule has 0 fully saturated rings. The summed E-state index contributed by atoms with van der Waals surface area (Å²) in [6.07, 6.45) is 0. The molecule has 1 heterocycles. The lowest BCUT2D eigenvalue weighted by Crippen LogP contribution is -2.39. The molecule has 0 atom stereocenters. The van der Waals surface area contributed by atoms with Crippen molar-refractivity contribution in [3.8, 4) is 11.8 Å². The highest BCUT2D eigenvalue weighted by Crippen LogP contribution is 2.17. The molecule has 2 amide bonds. The third kappa shape index (κ3) is 5.58. The van der Waals surface area contributed by atoms with Gasteiger partial charge in [0.25, 0.3) is 5.91 Å². The highest BCUT2D eigenvalue weighted by atomic mass is 32.1. The predicted octanol–water partition coefficient (Wildman–Crippen LogP) is 0.902. The molecule has 1 rings (SSSR count). The summed E-state index contributed by atoms with van der Waals surface area (Å²) in [6.45, 7) is 4.92. The van der Waals surface area contributed by atoms with Crippen molar-refractivity contribution in [3.05, 3.63) is 21.9 Å². The Balaban J connectivity index is 2.66. The number of carbonyl (C=O) groups excluding carboxylic acids is 2. The van der Waals surface area contributed by atoms with Crippen LogP contribution in [0.15, 0.2) is 11.4 Å². The fraction of sp³-hybridized carbons (Fsp3) is 0.467. The van der Waals surface area contributed by atoms with Gasteiger partial charge in [0, 0.05) is 19.2 Å². The molecule has 0 aliphatic carbocycles. The van der Waals surface area contributed by atoms with E-state index in [9.17, 15) is 9.59 Å². The van der Waals surface area contributed by atoms with E-state index in [2.05, 4.69) is 17.2 Å². The van der Waals surface area contributed by atoms with Crippen LogP contribution in [-0.2, 0) is 4.79 Å². The fourth-order valence-electron chi connectivity index (χ4n) is 1.55. The van der Waals surface area contributed by atoms with E-state index in [1.54, 1.807) is 18.5 Å². The van der Waals surface area contributed by atoms with Crippen molar-refractivity contribution in [3.63, 3.8) is 0 Å². The summed E-state index contributed by atoms with van der Waals surface area (Å²) < 4.78 is 0. The minimum Gasteiger partial charge on any atom is -0.354 e. The quantitative estimate of drug-likeness (QED) is 0.794. The Bertz CT molecular complexity index is 555. The molecule has 0 aromatic carbocycles. The molecule has 0 radical (unpaired) electrons. The summed E-state index contributed by atoms with van der Waals surface area (Å²) in [5, 5.41) is 4.59. The van der Waals surface area contributed by atoms with Gasteiger partial charge in [-0.1, -0.05) is 25.7 Å².